The summed E-state index contributed by atoms with van der Waals surface area (Å²) >= 11 is 5.89. The smallest absolute Gasteiger partial charge is 0.267 e. The lowest BCUT2D eigenvalue weighted by atomic mass is 10.2. The van der Waals surface area contributed by atoms with E-state index in [4.69, 9.17) is 16.7 Å². The number of nitrogens with zero attached hydrogens (tertiary/aromatic N) is 1. The second-order valence-corrected chi connectivity index (χ2v) is 4.67. The van der Waals surface area contributed by atoms with Crippen LogP contribution >= 0.6 is 11.6 Å². The number of halogens is 1. The number of aromatic nitrogens is 1. The second-order valence-electron chi connectivity index (χ2n) is 4.23. The number of amides is 1. The fourth-order valence-electron chi connectivity index (χ4n) is 1.51. The van der Waals surface area contributed by atoms with Gasteiger partial charge in [-0.25, -0.2) is 0 Å². The van der Waals surface area contributed by atoms with Gasteiger partial charge in [0.2, 0.25) is 0 Å². The average Bonchev–Trinajstić information content (AvgIpc) is 2.67. The van der Waals surface area contributed by atoms with Crippen molar-refractivity contribution in [2.45, 2.75) is 26.8 Å². The summed E-state index contributed by atoms with van der Waals surface area (Å²) < 4.78 is 1.85. The van der Waals surface area contributed by atoms with Crippen LogP contribution in [0, 0.1) is 5.92 Å². The third kappa shape index (κ3) is 4.06. The summed E-state index contributed by atoms with van der Waals surface area (Å²) in [5.74, 6) is -0.0883. The Morgan fingerprint density at radius 3 is 2.94 bits per heavy atom. The number of aliphatic hydroxyl groups is 1. The van der Waals surface area contributed by atoms with Crippen LogP contribution < -0.4 is 5.32 Å². The molecule has 1 aromatic heterocycles. The lowest BCUT2D eigenvalue weighted by Gasteiger charge is -2.11. The van der Waals surface area contributed by atoms with Crippen LogP contribution in [0.2, 0.25) is 5.02 Å². The molecule has 1 aromatic rings. The third-order valence-corrected chi connectivity index (χ3v) is 2.69. The first kappa shape index (κ1) is 14.1. The molecule has 1 heterocycles. The maximum absolute atomic E-state index is 11.9. The van der Waals surface area contributed by atoms with Crippen molar-refractivity contribution >= 4 is 17.5 Å². The molecule has 0 aliphatic heterocycles. The van der Waals surface area contributed by atoms with Crippen molar-refractivity contribution in [1.29, 1.82) is 0 Å². The number of rotatable bonds is 6. The molecule has 1 rings (SSSR count). The van der Waals surface area contributed by atoms with Crippen LogP contribution in [0.1, 0.15) is 30.8 Å². The molecule has 0 aromatic carbocycles. The summed E-state index contributed by atoms with van der Waals surface area (Å²) in [4.78, 5) is 11.9. The molecule has 1 unspecified atom stereocenters. The normalized spacial score (nSPS) is 12.5. The van der Waals surface area contributed by atoms with Crippen LogP contribution in [0.25, 0.3) is 0 Å². The lowest BCUT2D eigenvalue weighted by Crippen LogP contribution is -2.31. The van der Waals surface area contributed by atoms with Gasteiger partial charge in [-0.15, -0.1) is 0 Å². The van der Waals surface area contributed by atoms with Crippen molar-refractivity contribution in [3.63, 3.8) is 0 Å². The molecule has 4 nitrogen and oxygen atoms in total. The predicted molar refractivity (Wildman–Crippen MR) is 68.3 cm³/mol. The van der Waals surface area contributed by atoms with Gasteiger partial charge in [-0.2, -0.15) is 0 Å². The highest BCUT2D eigenvalue weighted by Crippen LogP contribution is 2.14. The van der Waals surface area contributed by atoms with Crippen molar-refractivity contribution in [3.05, 3.63) is 23.0 Å². The van der Waals surface area contributed by atoms with Crippen LogP contribution in [0.15, 0.2) is 12.3 Å². The van der Waals surface area contributed by atoms with E-state index in [1.165, 1.54) is 0 Å². The first-order valence-corrected chi connectivity index (χ1v) is 6.21. The Morgan fingerprint density at radius 1 is 1.65 bits per heavy atom. The molecule has 96 valence electrons. The maximum atomic E-state index is 11.9. The van der Waals surface area contributed by atoms with Crippen molar-refractivity contribution in [2.75, 3.05) is 13.2 Å². The van der Waals surface area contributed by atoms with Gasteiger partial charge in [0, 0.05) is 25.9 Å². The molecule has 0 aliphatic carbocycles. The van der Waals surface area contributed by atoms with E-state index in [9.17, 15) is 4.79 Å². The van der Waals surface area contributed by atoms with Gasteiger partial charge in [-0.1, -0.05) is 25.4 Å². The summed E-state index contributed by atoms with van der Waals surface area (Å²) in [5, 5.41) is 12.2. The van der Waals surface area contributed by atoms with Crippen LogP contribution in [0.4, 0.5) is 0 Å². The van der Waals surface area contributed by atoms with Crippen molar-refractivity contribution < 1.29 is 9.90 Å². The Labute approximate surface area is 107 Å². The molecule has 1 atom stereocenters. The Morgan fingerprint density at radius 2 is 2.35 bits per heavy atom. The monoisotopic (exact) mass is 258 g/mol. The highest BCUT2D eigenvalue weighted by Gasteiger charge is 2.13. The molecular formula is C12H19ClN2O2. The number of nitrogens with one attached hydrogen (secondary N) is 1. The number of carbonyl (C=O) groups is 1. The molecule has 2 N–H and O–H groups in total. The van der Waals surface area contributed by atoms with Gasteiger partial charge in [-0.05, 0) is 18.4 Å². The molecule has 1 amide bonds. The van der Waals surface area contributed by atoms with E-state index in [1.54, 1.807) is 12.3 Å². The standard InChI is InChI=1S/C12H19ClN2O2/c1-3-4-15-7-10(13)5-11(15)12(17)14-6-9(2)8-16/h5,7,9,16H,3-4,6,8H2,1-2H3,(H,14,17). The van der Waals surface area contributed by atoms with Crippen molar-refractivity contribution in [1.82, 2.24) is 9.88 Å². The third-order valence-electron chi connectivity index (χ3n) is 2.48. The molecule has 0 fully saturated rings. The maximum Gasteiger partial charge on any atom is 0.267 e. The van der Waals surface area contributed by atoms with E-state index >= 15 is 0 Å². The van der Waals surface area contributed by atoms with Crippen LogP contribution in [0.5, 0.6) is 0 Å². The van der Waals surface area contributed by atoms with Crippen LogP contribution in [-0.2, 0) is 6.54 Å². The molecule has 0 saturated carbocycles. The number of aryl methyl sites for hydroxylation is 1. The van der Waals surface area contributed by atoms with Crippen molar-refractivity contribution in [3.8, 4) is 0 Å². The number of carbonyl (C=O) groups excluding carboxylic acids is 1. The highest BCUT2D eigenvalue weighted by atomic mass is 35.5. The molecule has 0 aliphatic rings. The van der Waals surface area contributed by atoms with Crippen LogP contribution in [-0.4, -0.2) is 28.7 Å². The zero-order valence-electron chi connectivity index (χ0n) is 10.2. The number of hydrogen-bond donors (Lipinski definition) is 2. The largest absolute Gasteiger partial charge is 0.396 e. The minimum Gasteiger partial charge on any atom is -0.396 e. The average molecular weight is 259 g/mol. The summed E-state index contributed by atoms with van der Waals surface area (Å²) in [7, 11) is 0. The molecule has 5 heteroatoms. The Hall–Kier alpha value is -1.00. The topological polar surface area (TPSA) is 54.3 Å². The van der Waals surface area contributed by atoms with E-state index in [-0.39, 0.29) is 18.4 Å². The second kappa shape index (κ2) is 6.67. The summed E-state index contributed by atoms with van der Waals surface area (Å²) in [5.41, 5.74) is 0.571. The lowest BCUT2D eigenvalue weighted by molar-refractivity contribution is 0.0933. The first-order valence-electron chi connectivity index (χ1n) is 5.83. The number of hydrogen-bond acceptors (Lipinski definition) is 2. The van der Waals surface area contributed by atoms with Gasteiger partial charge in [-0.3, -0.25) is 4.79 Å². The van der Waals surface area contributed by atoms with Gasteiger partial charge in [0.15, 0.2) is 0 Å². The molecule has 0 bridgehead atoms. The first-order chi connectivity index (χ1) is 8.08. The van der Waals surface area contributed by atoms with E-state index in [2.05, 4.69) is 5.32 Å². The minimum absolute atomic E-state index is 0.0593. The molecule has 0 saturated heterocycles. The van der Waals surface area contributed by atoms with Gasteiger partial charge < -0.3 is 15.0 Å². The van der Waals surface area contributed by atoms with E-state index in [0.717, 1.165) is 13.0 Å². The molecule has 0 spiro atoms. The summed E-state index contributed by atoms with van der Waals surface area (Å²) in [6.07, 6.45) is 2.70. The van der Waals surface area contributed by atoms with Gasteiger partial charge in [0.1, 0.15) is 5.69 Å². The summed E-state index contributed by atoms with van der Waals surface area (Å²) in [6, 6.07) is 1.66. The minimum atomic E-state index is -0.148. The van der Waals surface area contributed by atoms with Gasteiger partial charge >= 0.3 is 0 Å². The SMILES string of the molecule is CCCn1cc(Cl)cc1C(=O)NCC(C)CO. The molecular weight excluding hydrogens is 240 g/mol. The predicted octanol–water partition coefficient (Wildman–Crippen LogP) is 1.91. The Bertz CT molecular complexity index is 377. The molecule has 0 radical (unpaired) electrons. The highest BCUT2D eigenvalue weighted by molar-refractivity contribution is 6.31. The summed E-state index contributed by atoms with van der Waals surface area (Å²) in [6.45, 7) is 5.22. The Balaban J connectivity index is 2.67. The van der Waals surface area contributed by atoms with Crippen molar-refractivity contribution in [2.24, 2.45) is 5.92 Å². The van der Waals surface area contributed by atoms with Crippen LogP contribution in [0.3, 0.4) is 0 Å². The van der Waals surface area contributed by atoms with Gasteiger partial charge in [0.05, 0.1) is 5.02 Å². The van der Waals surface area contributed by atoms with Gasteiger partial charge in [0.25, 0.3) is 5.91 Å². The van der Waals surface area contributed by atoms with E-state index in [1.807, 2.05) is 18.4 Å². The zero-order chi connectivity index (χ0) is 12.8. The fourth-order valence-corrected chi connectivity index (χ4v) is 1.73. The quantitative estimate of drug-likeness (QED) is 0.819. The fraction of sp³-hybridized carbons (Fsp3) is 0.583. The van der Waals surface area contributed by atoms with E-state index in [0.29, 0.717) is 17.3 Å². The zero-order valence-corrected chi connectivity index (χ0v) is 11.0. The Kier molecular flexibility index (Phi) is 5.51. The molecule has 17 heavy (non-hydrogen) atoms. The van der Waals surface area contributed by atoms with E-state index < -0.39 is 0 Å². The number of aliphatic hydroxyl groups excluding tert-OH is 1.